The molecule has 196 valence electrons. The number of halogens is 1. The number of H-pyrrole nitrogens is 2. The normalized spacial score (nSPS) is 12.5. The molecule has 0 radical (unpaired) electrons. The first-order chi connectivity index (χ1) is 18.7. The Morgan fingerprint density at radius 2 is 1.92 bits per heavy atom. The summed E-state index contributed by atoms with van der Waals surface area (Å²) in [5.41, 5.74) is 8.24. The summed E-state index contributed by atoms with van der Waals surface area (Å²) in [7, 11) is 0. The maximum atomic E-state index is 14.2. The molecular formula is C32H31FN6. The van der Waals surface area contributed by atoms with Crippen LogP contribution in [0.25, 0.3) is 51.3 Å². The summed E-state index contributed by atoms with van der Waals surface area (Å²) in [4.78, 5) is 12.3. The molecule has 0 aliphatic rings. The van der Waals surface area contributed by atoms with E-state index in [4.69, 9.17) is 0 Å². The zero-order valence-corrected chi connectivity index (χ0v) is 22.6. The lowest BCUT2D eigenvalue weighted by Gasteiger charge is -2.13. The molecule has 7 heteroatoms. The number of aromatic amines is 2. The van der Waals surface area contributed by atoms with Gasteiger partial charge in [0.05, 0.1) is 22.9 Å². The van der Waals surface area contributed by atoms with Gasteiger partial charge in [-0.05, 0) is 78.4 Å². The molecule has 6 nitrogen and oxygen atoms in total. The average Bonchev–Trinajstić information content (AvgIpc) is 3.51. The number of hydrogen-bond donors (Lipinski definition) is 3. The topological polar surface area (TPSA) is 82.3 Å². The highest BCUT2D eigenvalue weighted by molar-refractivity contribution is 5.96. The lowest BCUT2D eigenvalue weighted by atomic mass is 10.0. The quantitative estimate of drug-likeness (QED) is 0.235. The Morgan fingerprint density at radius 3 is 2.67 bits per heavy atom. The number of aromatic nitrogens is 5. The van der Waals surface area contributed by atoms with Gasteiger partial charge in [0.2, 0.25) is 0 Å². The summed E-state index contributed by atoms with van der Waals surface area (Å²) in [6.45, 7) is 16.4. The molecule has 0 saturated heterocycles. The lowest BCUT2D eigenvalue weighted by molar-refractivity contribution is 0.627. The number of allylic oxidation sites excluding steroid dienone is 2. The van der Waals surface area contributed by atoms with Gasteiger partial charge in [-0.15, -0.1) is 0 Å². The van der Waals surface area contributed by atoms with E-state index in [9.17, 15) is 4.39 Å². The fourth-order valence-electron chi connectivity index (χ4n) is 4.50. The van der Waals surface area contributed by atoms with Crippen LogP contribution in [0.5, 0.6) is 0 Å². The molecule has 0 saturated carbocycles. The summed E-state index contributed by atoms with van der Waals surface area (Å²) in [5, 5.41) is 13.7. The van der Waals surface area contributed by atoms with Crippen molar-refractivity contribution in [1.29, 1.82) is 0 Å². The van der Waals surface area contributed by atoms with Crippen LogP contribution in [0.4, 0.5) is 10.1 Å². The summed E-state index contributed by atoms with van der Waals surface area (Å²) < 4.78 is 14.2. The van der Waals surface area contributed by atoms with E-state index in [2.05, 4.69) is 57.5 Å². The maximum Gasteiger partial charge on any atom is 0.138 e. The highest BCUT2D eigenvalue weighted by Gasteiger charge is 2.14. The second kappa shape index (κ2) is 10.5. The van der Waals surface area contributed by atoms with Gasteiger partial charge in [-0.25, -0.2) is 9.37 Å². The van der Waals surface area contributed by atoms with Crippen molar-refractivity contribution in [3.05, 3.63) is 101 Å². The van der Waals surface area contributed by atoms with Crippen molar-refractivity contribution >= 4 is 34.4 Å². The number of aryl methyl sites for hydroxylation is 1. The van der Waals surface area contributed by atoms with E-state index in [1.165, 1.54) is 6.07 Å². The number of nitrogens with zero attached hydrogens (tertiary/aromatic N) is 3. The molecule has 0 aliphatic carbocycles. The van der Waals surface area contributed by atoms with Crippen molar-refractivity contribution in [2.45, 2.75) is 27.7 Å². The van der Waals surface area contributed by atoms with E-state index in [0.717, 1.165) is 66.6 Å². The monoisotopic (exact) mass is 518 g/mol. The molecular weight excluding hydrogens is 487 g/mol. The van der Waals surface area contributed by atoms with Crippen LogP contribution in [-0.4, -0.2) is 25.1 Å². The van der Waals surface area contributed by atoms with Crippen LogP contribution in [-0.2, 0) is 0 Å². The second-order valence-corrected chi connectivity index (χ2v) is 9.95. The first kappa shape index (κ1) is 25.9. The summed E-state index contributed by atoms with van der Waals surface area (Å²) >= 11 is 0. The Kier molecular flexibility index (Phi) is 6.98. The average molecular weight is 519 g/mol. The number of fused-ring (bicyclic) bond motifs is 1. The van der Waals surface area contributed by atoms with Gasteiger partial charge in [0.25, 0.3) is 0 Å². The van der Waals surface area contributed by atoms with Crippen molar-refractivity contribution < 1.29 is 4.39 Å². The maximum absolute atomic E-state index is 14.2. The Hall–Kier alpha value is -4.78. The van der Waals surface area contributed by atoms with Crippen LogP contribution < -0.4 is 15.9 Å². The molecule has 0 bridgehead atoms. The third kappa shape index (κ3) is 5.29. The number of pyridine rings is 2. The predicted octanol–water partition coefficient (Wildman–Crippen LogP) is 6.34. The van der Waals surface area contributed by atoms with E-state index in [0.29, 0.717) is 11.6 Å². The fraction of sp³-hybridized carbons (Fsp3) is 0.156. The Balaban J connectivity index is 1.58. The molecule has 4 heterocycles. The number of hydrogen-bond acceptors (Lipinski definition) is 4. The van der Waals surface area contributed by atoms with E-state index in [1.807, 2.05) is 50.3 Å². The van der Waals surface area contributed by atoms with Gasteiger partial charge in [0, 0.05) is 34.3 Å². The summed E-state index contributed by atoms with van der Waals surface area (Å²) in [5.74, 6) is 0.0367. The largest absolute Gasteiger partial charge is 0.358 e. The number of rotatable bonds is 7. The molecule has 0 amide bonds. The van der Waals surface area contributed by atoms with Gasteiger partial charge in [-0.3, -0.25) is 10.1 Å². The molecule has 0 fully saturated rings. The number of nitrogens with one attached hydrogen (secondary N) is 3. The van der Waals surface area contributed by atoms with E-state index >= 15 is 0 Å². The Bertz CT molecular complexity index is 1820. The van der Waals surface area contributed by atoms with Gasteiger partial charge in [0.1, 0.15) is 17.2 Å². The highest BCUT2D eigenvalue weighted by atomic mass is 19.1. The molecule has 5 aromatic rings. The molecule has 0 unspecified atom stereocenters. The van der Waals surface area contributed by atoms with Gasteiger partial charge >= 0.3 is 0 Å². The molecule has 5 rings (SSSR count). The van der Waals surface area contributed by atoms with Gasteiger partial charge in [-0.1, -0.05) is 39.1 Å². The van der Waals surface area contributed by atoms with Crippen molar-refractivity contribution in [3.8, 4) is 22.5 Å². The van der Waals surface area contributed by atoms with Crippen molar-refractivity contribution in [2.75, 3.05) is 5.32 Å². The van der Waals surface area contributed by atoms with E-state index in [1.54, 1.807) is 24.7 Å². The molecule has 0 atom stereocenters. The van der Waals surface area contributed by atoms with Crippen molar-refractivity contribution in [1.82, 2.24) is 25.1 Å². The molecule has 1 aromatic carbocycles. The molecule has 4 aromatic heterocycles. The molecule has 0 spiro atoms. The van der Waals surface area contributed by atoms with E-state index < -0.39 is 0 Å². The molecule has 39 heavy (non-hydrogen) atoms. The summed E-state index contributed by atoms with van der Waals surface area (Å²) in [6, 6.07) is 11.0. The third-order valence-corrected chi connectivity index (χ3v) is 6.69. The van der Waals surface area contributed by atoms with Crippen LogP contribution in [0.3, 0.4) is 0 Å². The Morgan fingerprint density at radius 1 is 1.10 bits per heavy atom. The third-order valence-electron chi connectivity index (χ3n) is 6.69. The molecule has 0 aliphatic heterocycles. The van der Waals surface area contributed by atoms with Gasteiger partial charge in [0.15, 0.2) is 0 Å². The minimum atomic E-state index is -0.265. The van der Waals surface area contributed by atoms with Crippen LogP contribution >= 0.6 is 0 Å². The number of anilines is 1. The smallest absolute Gasteiger partial charge is 0.138 e. The zero-order valence-electron chi connectivity index (χ0n) is 22.6. The van der Waals surface area contributed by atoms with Crippen LogP contribution in [0, 0.1) is 18.7 Å². The first-order valence-electron chi connectivity index (χ1n) is 12.8. The standard InChI is InChI=1S/C32H31FN6/c1-7-29-28(12-20(5)23-14-25(17-34-16-23)36-21(6)18(2)3)31(39-38-29)30-15-27-26(8-9-35-32(27)37-30)22-10-19(4)11-24(33)13-22/h7-18,36,38H,5-6H2,1-4H3,(H,35,37)/b28-12+,29-7+. The summed E-state index contributed by atoms with van der Waals surface area (Å²) in [6.07, 6.45) is 9.26. The van der Waals surface area contributed by atoms with E-state index in [-0.39, 0.29) is 5.82 Å². The minimum Gasteiger partial charge on any atom is -0.358 e. The highest BCUT2D eigenvalue weighted by Crippen LogP contribution is 2.31. The second-order valence-electron chi connectivity index (χ2n) is 9.95. The number of benzene rings is 1. The Labute approximate surface area is 226 Å². The van der Waals surface area contributed by atoms with Crippen molar-refractivity contribution in [3.63, 3.8) is 0 Å². The van der Waals surface area contributed by atoms with Gasteiger partial charge in [-0.2, -0.15) is 5.10 Å². The van der Waals surface area contributed by atoms with Crippen LogP contribution in [0.15, 0.2) is 73.8 Å². The zero-order chi connectivity index (χ0) is 27.7. The SMILES string of the molecule is C=C(/C=c1/c(-c2cc3c(-c4cc(C)cc(F)c4)ccnc3[nH]2)n[nH]/c1=C/C)c1cncc(NC(=C)C(C)C)c1. The minimum absolute atomic E-state index is 0.265. The van der Waals surface area contributed by atoms with Gasteiger partial charge < -0.3 is 10.3 Å². The predicted molar refractivity (Wildman–Crippen MR) is 159 cm³/mol. The first-order valence-corrected chi connectivity index (χ1v) is 12.8. The lowest BCUT2D eigenvalue weighted by Crippen LogP contribution is -2.23. The van der Waals surface area contributed by atoms with Crippen LogP contribution in [0.1, 0.15) is 31.9 Å². The fourth-order valence-corrected chi connectivity index (χ4v) is 4.50. The van der Waals surface area contributed by atoms with Crippen LogP contribution in [0.2, 0.25) is 0 Å². The molecule has 3 N–H and O–H groups in total. The van der Waals surface area contributed by atoms with Crippen molar-refractivity contribution in [2.24, 2.45) is 5.92 Å².